The molecule has 30 heavy (non-hydrogen) atoms. The number of carbonyl (C=O) groups is 2. The summed E-state index contributed by atoms with van der Waals surface area (Å²) < 4.78 is 10.4. The van der Waals surface area contributed by atoms with E-state index in [9.17, 15) is 9.59 Å². The number of carbonyl (C=O) groups excluding carboxylic acids is 2. The molecule has 158 valence electrons. The predicted molar refractivity (Wildman–Crippen MR) is 116 cm³/mol. The highest BCUT2D eigenvalue weighted by molar-refractivity contribution is 7.11. The summed E-state index contributed by atoms with van der Waals surface area (Å²) in [4.78, 5) is 31.6. The van der Waals surface area contributed by atoms with Crippen LogP contribution in [0.5, 0.6) is 0 Å². The summed E-state index contributed by atoms with van der Waals surface area (Å²) in [5.74, 6) is -0.236. The highest BCUT2D eigenvalue weighted by Gasteiger charge is 2.24. The zero-order chi connectivity index (χ0) is 21.3. The van der Waals surface area contributed by atoms with Crippen LogP contribution in [0.2, 0.25) is 0 Å². The summed E-state index contributed by atoms with van der Waals surface area (Å²) in [7, 11) is 1.57. The van der Waals surface area contributed by atoms with E-state index >= 15 is 0 Å². The maximum Gasteiger partial charge on any atom is 0.290 e. The van der Waals surface area contributed by atoms with Gasteiger partial charge in [0.2, 0.25) is 5.91 Å². The molecule has 2 aromatic heterocycles. The van der Waals surface area contributed by atoms with Crippen molar-refractivity contribution in [2.24, 2.45) is 0 Å². The first-order valence-corrected chi connectivity index (χ1v) is 10.6. The van der Waals surface area contributed by atoms with Crippen molar-refractivity contribution in [2.45, 2.75) is 20.0 Å². The van der Waals surface area contributed by atoms with E-state index in [1.807, 2.05) is 43.3 Å². The number of hydrogen-bond donors (Lipinski definition) is 0. The van der Waals surface area contributed by atoms with Gasteiger partial charge in [-0.3, -0.25) is 9.59 Å². The van der Waals surface area contributed by atoms with Crippen molar-refractivity contribution in [1.82, 2.24) is 9.80 Å². The first kappa shape index (κ1) is 21.8. The van der Waals surface area contributed by atoms with Crippen molar-refractivity contribution in [3.8, 4) is 0 Å². The normalized spacial score (nSPS) is 10.7. The highest BCUT2D eigenvalue weighted by atomic mass is 32.1. The van der Waals surface area contributed by atoms with E-state index in [0.29, 0.717) is 26.2 Å². The Kier molecular flexibility index (Phi) is 7.82. The lowest BCUT2D eigenvalue weighted by molar-refractivity contribution is -0.133. The Morgan fingerprint density at radius 3 is 2.43 bits per heavy atom. The molecule has 0 saturated heterocycles. The molecule has 1 aromatic carbocycles. The van der Waals surface area contributed by atoms with Gasteiger partial charge in [0.1, 0.15) is 6.54 Å². The maximum absolute atomic E-state index is 13.3. The summed E-state index contributed by atoms with van der Waals surface area (Å²) in [5, 5.41) is 0. The van der Waals surface area contributed by atoms with Gasteiger partial charge < -0.3 is 19.0 Å². The van der Waals surface area contributed by atoms with Gasteiger partial charge in [0.05, 0.1) is 19.4 Å². The van der Waals surface area contributed by atoms with E-state index in [0.717, 1.165) is 10.4 Å². The molecular formula is C23H26N2O4S. The fourth-order valence-corrected chi connectivity index (χ4v) is 3.97. The number of methoxy groups -OCH3 is 1. The quantitative estimate of drug-likeness (QED) is 0.492. The van der Waals surface area contributed by atoms with E-state index in [2.05, 4.69) is 6.07 Å². The summed E-state index contributed by atoms with van der Waals surface area (Å²) in [5.41, 5.74) is 1.04. The topological polar surface area (TPSA) is 63.0 Å². The number of furan rings is 1. The molecule has 0 saturated carbocycles. The zero-order valence-electron chi connectivity index (χ0n) is 17.2. The second-order valence-electron chi connectivity index (χ2n) is 6.94. The van der Waals surface area contributed by atoms with Gasteiger partial charge in [-0.15, -0.1) is 11.3 Å². The average molecular weight is 427 g/mol. The van der Waals surface area contributed by atoms with Gasteiger partial charge in [-0.2, -0.15) is 0 Å². The molecule has 2 amide bonds. The fraction of sp³-hybridized carbons (Fsp3) is 0.304. The first-order chi connectivity index (χ1) is 14.6. The van der Waals surface area contributed by atoms with Crippen LogP contribution in [0.15, 0.2) is 65.3 Å². The minimum absolute atomic E-state index is 0.0416. The van der Waals surface area contributed by atoms with Gasteiger partial charge in [0.15, 0.2) is 5.76 Å². The third-order valence-corrected chi connectivity index (χ3v) is 5.61. The van der Waals surface area contributed by atoms with Crippen molar-refractivity contribution >= 4 is 23.2 Å². The van der Waals surface area contributed by atoms with Crippen LogP contribution in [0.4, 0.5) is 0 Å². The van der Waals surface area contributed by atoms with Crippen LogP contribution in [-0.2, 0) is 22.6 Å². The molecule has 0 radical (unpaired) electrons. The Morgan fingerprint density at radius 2 is 1.80 bits per heavy atom. The van der Waals surface area contributed by atoms with Crippen molar-refractivity contribution in [3.63, 3.8) is 0 Å². The van der Waals surface area contributed by atoms with Crippen molar-refractivity contribution in [2.75, 3.05) is 26.8 Å². The van der Waals surface area contributed by atoms with Gasteiger partial charge in [0.25, 0.3) is 5.91 Å². The monoisotopic (exact) mass is 426 g/mol. The molecule has 3 rings (SSSR count). The van der Waals surface area contributed by atoms with Crippen LogP contribution in [0.25, 0.3) is 0 Å². The Labute approximate surface area is 180 Å². The lowest BCUT2D eigenvalue weighted by Crippen LogP contribution is -2.43. The molecule has 7 heteroatoms. The molecule has 0 spiro atoms. The molecule has 0 atom stereocenters. The molecule has 0 aliphatic carbocycles. The summed E-state index contributed by atoms with van der Waals surface area (Å²) in [6.45, 7) is 3.62. The average Bonchev–Trinajstić information content (AvgIpc) is 3.43. The third-order valence-electron chi connectivity index (χ3n) is 4.62. The van der Waals surface area contributed by atoms with E-state index in [-0.39, 0.29) is 24.1 Å². The number of aryl methyl sites for hydroxylation is 1. The summed E-state index contributed by atoms with van der Waals surface area (Å²) >= 11 is 1.67. The van der Waals surface area contributed by atoms with Crippen molar-refractivity contribution < 1.29 is 18.7 Å². The second-order valence-corrected chi connectivity index (χ2v) is 8.32. The van der Waals surface area contributed by atoms with Gasteiger partial charge >= 0.3 is 0 Å². The Hall–Kier alpha value is -2.90. The highest BCUT2D eigenvalue weighted by Crippen LogP contribution is 2.19. The number of hydrogen-bond acceptors (Lipinski definition) is 5. The van der Waals surface area contributed by atoms with Crippen LogP contribution in [0.1, 0.15) is 25.9 Å². The molecule has 0 aliphatic heterocycles. The van der Waals surface area contributed by atoms with E-state index in [1.54, 1.807) is 35.5 Å². The number of thiophene rings is 1. The first-order valence-electron chi connectivity index (χ1n) is 9.75. The van der Waals surface area contributed by atoms with Crippen LogP contribution in [0, 0.1) is 6.92 Å². The van der Waals surface area contributed by atoms with E-state index in [4.69, 9.17) is 9.15 Å². The molecule has 0 unspecified atom stereocenters. The standard InChI is InChI=1S/C23H26N2O4S/c1-18-10-11-20(30-18)16-25(15-19-7-4-3-5-8-19)22(26)17-24(12-14-28-2)23(27)21-9-6-13-29-21/h3-11,13H,12,14-17H2,1-2H3. The lowest BCUT2D eigenvalue weighted by atomic mass is 10.2. The molecule has 2 heterocycles. The number of amides is 2. The van der Waals surface area contributed by atoms with Crippen LogP contribution < -0.4 is 0 Å². The smallest absolute Gasteiger partial charge is 0.290 e. The molecule has 3 aromatic rings. The Bertz CT molecular complexity index is 937. The van der Waals surface area contributed by atoms with Crippen LogP contribution in [-0.4, -0.2) is 48.4 Å². The third kappa shape index (κ3) is 6.05. The molecule has 0 N–H and O–H groups in total. The lowest BCUT2D eigenvalue weighted by Gasteiger charge is -2.27. The number of nitrogens with zero attached hydrogens (tertiary/aromatic N) is 2. The van der Waals surface area contributed by atoms with Crippen LogP contribution in [0.3, 0.4) is 0 Å². The van der Waals surface area contributed by atoms with Gasteiger partial charge in [-0.05, 0) is 36.8 Å². The molecular weight excluding hydrogens is 400 g/mol. The Morgan fingerprint density at radius 1 is 1.00 bits per heavy atom. The molecule has 6 nitrogen and oxygen atoms in total. The van der Waals surface area contributed by atoms with E-state index < -0.39 is 0 Å². The SMILES string of the molecule is COCCN(CC(=O)N(Cc1ccccc1)Cc1ccc(C)s1)C(=O)c1ccco1. The van der Waals surface area contributed by atoms with Gasteiger partial charge in [-0.1, -0.05) is 30.3 Å². The van der Waals surface area contributed by atoms with E-state index in [1.165, 1.54) is 16.0 Å². The van der Waals surface area contributed by atoms with Gasteiger partial charge in [-0.25, -0.2) is 0 Å². The predicted octanol–water partition coefficient (Wildman–Crippen LogP) is 3.97. The second kappa shape index (κ2) is 10.8. The maximum atomic E-state index is 13.3. The summed E-state index contributed by atoms with van der Waals surface area (Å²) in [6, 6.07) is 17.2. The fourth-order valence-electron chi connectivity index (χ4n) is 3.07. The minimum atomic E-state index is -0.322. The van der Waals surface area contributed by atoms with Crippen molar-refractivity contribution in [3.05, 3.63) is 81.9 Å². The van der Waals surface area contributed by atoms with Crippen molar-refractivity contribution in [1.29, 1.82) is 0 Å². The van der Waals surface area contributed by atoms with Gasteiger partial charge in [0, 0.05) is 30.0 Å². The zero-order valence-corrected chi connectivity index (χ0v) is 18.1. The number of rotatable bonds is 10. The molecule has 0 fully saturated rings. The molecule has 0 aliphatic rings. The minimum Gasteiger partial charge on any atom is -0.459 e. The number of benzene rings is 1. The molecule has 0 bridgehead atoms. The van der Waals surface area contributed by atoms with Crippen LogP contribution >= 0.6 is 11.3 Å². The largest absolute Gasteiger partial charge is 0.459 e. The summed E-state index contributed by atoms with van der Waals surface area (Å²) in [6.07, 6.45) is 1.45. The Balaban J connectivity index is 1.77. The number of ether oxygens (including phenoxy) is 1.